The second-order valence-corrected chi connectivity index (χ2v) is 32.1. The van der Waals surface area contributed by atoms with E-state index < -0.39 is 0 Å². The molecule has 0 saturated carbocycles. The Hall–Kier alpha value is -10.3. The maximum absolute atomic E-state index is 2.89. The summed E-state index contributed by atoms with van der Waals surface area (Å²) >= 11 is 0. The highest BCUT2D eigenvalue weighted by molar-refractivity contribution is 6.92. The minimum atomic E-state index is -0.152. The van der Waals surface area contributed by atoms with Crippen LogP contribution in [0.5, 0.6) is 0 Å². The number of nitrogens with zero attached hydrogens (tertiary/aromatic N) is 4. The van der Waals surface area contributed by atoms with Crippen LogP contribution in [-0.4, -0.2) is 22.7 Å². The van der Waals surface area contributed by atoms with Crippen LogP contribution in [0.25, 0.3) is 99.6 Å². The smallest absolute Gasteiger partial charge is 0.333 e. The minimum Gasteiger partial charge on any atom is -0.374 e. The molecule has 6 heteroatoms. The molecule has 0 atom stereocenters. The van der Waals surface area contributed by atoms with Crippen molar-refractivity contribution >= 4 is 103 Å². The number of anilines is 6. The number of rotatable bonds is 6. The van der Waals surface area contributed by atoms with Gasteiger partial charge < -0.3 is 18.8 Å². The van der Waals surface area contributed by atoms with E-state index in [1.54, 1.807) is 0 Å². The highest BCUT2D eigenvalue weighted by Gasteiger charge is 2.51. The van der Waals surface area contributed by atoms with E-state index in [-0.39, 0.29) is 35.4 Å². The normalized spacial score (nSPS) is 16.6. The van der Waals surface area contributed by atoms with Crippen molar-refractivity contribution in [2.45, 2.75) is 117 Å². The van der Waals surface area contributed by atoms with Crippen LogP contribution < -0.4 is 31.7 Å². The summed E-state index contributed by atoms with van der Waals surface area (Å²) in [7, 11) is 0. The zero-order valence-corrected chi connectivity index (χ0v) is 57.9. The lowest BCUT2D eigenvalue weighted by Crippen LogP contribution is -2.57. The predicted molar refractivity (Wildman–Crippen MR) is 418 cm³/mol. The predicted octanol–water partition coefficient (Wildman–Crippen LogP) is 21.6. The van der Waals surface area contributed by atoms with Gasteiger partial charge in [0.05, 0.1) is 11.0 Å². The second kappa shape index (κ2) is 20.2. The van der Waals surface area contributed by atoms with Crippen LogP contribution in [0.3, 0.4) is 0 Å². The molecular weight excluding hydrogens is 1180 g/mol. The highest BCUT2D eigenvalue weighted by atomic mass is 15.2. The molecule has 20 rings (SSSR count). The Balaban J connectivity index is 0.900. The number of hydrogen-bond acceptors (Lipinski definition) is 2. The van der Waals surface area contributed by atoms with Crippen LogP contribution in [0.2, 0.25) is 0 Å². The molecule has 2 aliphatic carbocycles. The Morgan fingerprint density at radius 3 is 0.929 bits per heavy atom. The van der Waals surface area contributed by atoms with Crippen molar-refractivity contribution in [1.82, 2.24) is 8.96 Å². The Morgan fingerprint density at radius 1 is 0.286 bits per heavy atom. The molecule has 0 unspecified atom stereocenters. The first-order valence-electron chi connectivity index (χ1n) is 35.8. The van der Waals surface area contributed by atoms with Crippen molar-refractivity contribution in [3.63, 3.8) is 0 Å². The molecule has 6 aliphatic rings. The van der Waals surface area contributed by atoms with Crippen molar-refractivity contribution in [1.29, 1.82) is 0 Å². The fourth-order valence-electron chi connectivity index (χ4n) is 19.4. The summed E-state index contributed by atoms with van der Waals surface area (Å²) in [5, 5.41) is 2.62. The van der Waals surface area contributed by atoms with Gasteiger partial charge >= 0.3 is 13.7 Å². The summed E-state index contributed by atoms with van der Waals surface area (Å²) in [6, 6.07) is 94.0. The molecule has 14 aromatic rings. The number of para-hydroxylation sites is 2. The largest absolute Gasteiger partial charge is 0.374 e. The third kappa shape index (κ3) is 7.97. The van der Waals surface area contributed by atoms with Gasteiger partial charge in [-0.2, -0.15) is 0 Å². The number of hydrogen-bond donors (Lipinski definition) is 0. The van der Waals surface area contributed by atoms with Crippen molar-refractivity contribution < 1.29 is 0 Å². The van der Waals surface area contributed by atoms with E-state index in [0.717, 1.165) is 25.7 Å². The monoisotopic (exact) mass is 1260 g/mol. The average molecular weight is 1260 g/mol. The van der Waals surface area contributed by atoms with E-state index in [1.165, 1.54) is 189 Å². The summed E-state index contributed by atoms with van der Waals surface area (Å²) < 4.78 is 5.79. The Bertz CT molecular complexity index is 5320. The maximum Gasteiger partial charge on any atom is 0.333 e. The van der Waals surface area contributed by atoms with E-state index in [9.17, 15) is 0 Å². The molecule has 6 heterocycles. The summed E-state index contributed by atoms with van der Waals surface area (Å²) in [6.07, 6.45) is 4.52. The van der Waals surface area contributed by atoms with Crippen molar-refractivity contribution in [2.24, 2.45) is 0 Å². The van der Waals surface area contributed by atoms with Crippen LogP contribution in [0.15, 0.2) is 243 Å². The Labute approximate surface area is 577 Å². The van der Waals surface area contributed by atoms with E-state index in [2.05, 4.69) is 331 Å². The molecule has 4 nitrogen and oxygen atoms in total. The lowest BCUT2D eigenvalue weighted by Gasteiger charge is -2.46. The van der Waals surface area contributed by atoms with E-state index in [4.69, 9.17) is 0 Å². The molecule has 4 aliphatic heterocycles. The van der Waals surface area contributed by atoms with Gasteiger partial charge in [0.15, 0.2) is 0 Å². The number of fused-ring (bicyclic) bond motifs is 15. The number of benzene rings is 12. The molecule has 0 saturated heterocycles. The van der Waals surface area contributed by atoms with E-state index in [0.29, 0.717) is 0 Å². The van der Waals surface area contributed by atoms with Gasteiger partial charge in [-0.05, 0) is 233 Å². The third-order valence-corrected chi connectivity index (χ3v) is 24.6. The Morgan fingerprint density at radius 2 is 0.602 bits per heavy atom. The van der Waals surface area contributed by atoms with Crippen molar-refractivity contribution in [2.75, 3.05) is 9.80 Å². The van der Waals surface area contributed by atoms with Gasteiger partial charge in [-0.25, -0.2) is 0 Å². The van der Waals surface area contributed by atoms with Crippen LogP contribution in [0.4, 0.5) is 34.1 Å². The van der Waals surface area contributed by atoms with Crippen LogP contribution in [0, 0.1) is 13.8 Å². The van der Waals surface area contributed by atoms with E-state index in [1.807, 2.05) is 0 Å². The molecule has 98 heavy (non-hydrogen) atoms. The van der Waals surface area contributed by atoms with E-state index >= 15 is 0 Å². The molecule has 12 aromatic carbocycles. The molecule has 472 valence electrons. The molecule has 2 aromatic heterocycles. The molecule has 0 fully saturated rings. The first-order valence-corrected chi connectivity index (χ1v) is 35.8. The molecule has 0 bridgehead atoms. The third-order valence-electron chi connectivity index (χ3n) is 24.6. The minimum absolute atomic E-state index is 0.0332. The summed E-state index contributed by atoms with van der Waals surface area (Å²) in [5.41, 5.74) is 41.5. The van der Waals surface area contributed by atoms with Gasteiger partial charge in [-0.1, -0.05) is 237 Å². The van der Waals surface area contributed by atoms with Crippen molar-refractivity contribution in [3.05, 3.63) is 276 Å². The van der Waals surface area contributed by atoms with Crippen LogP contribution in [-0.2, 0) is 21.7 Å². The molecular formula is C92H78B2N4. The lowest BCUT2D eigenvalue weighted by atomic mass is 9.44. The summed E-state index contributed by atoms with van der Waals surface area (Å²) in [5.74, 6) is 0. The SMILES string of the molecule is Cc1ccc2c3c1-c1cccc4c1n(c1c5cccc6c5n(c41)B1c4cc5c(cc4N(c4cc(-c7ccccc7)cc(-c7ccccc7)c4)c4ccc(C)c-6c41)C(C)(C)CCC5(C)C)B3c1cc3c(cc1N2c1cc(-c2ccccc2)cc(-c2ccccc2)c1)C(C)(C)CCC3(C)C. The van der Waals surface area contributed by atoms with Gasteiger partial charge in [-0.3, -0.25) is 0 Å². The number of aromatic nitrogens is 2. The quantitative estimate of drug-likeness (QED) is 0.154. The number of aryl methyl sites for hydroxylation is 2. The van der Waals surface area contributed by atoms with Gasteiger partial charge in [0.1, 0.15) is 0 Å². The highest BCUT2D eigenvalue weighted by Crippen LogP contribution is 2.56. The Kier molecular flexibility index (Phi) is 11.9. The first-order chi connectivity index (χ1) is 47.4. The van der Waals surface area contributed by atoms with Gasteiger partial charge in [0.2, 0.25) is 0 Å². The van der Waals surface area contributed by atoms with Gasteiger partial charge in [0.25, 0.3) is 0 Å². The average Bonchev–Trinajstić information content (AvgIpc) is 1.43. The van der Waals surface area contributed by atoms with Crippen LogP contribution >= 0.6 is 0 Å². The molecule has 0 radical (unpaired) electrons. The topological polar surface area (TPSA) is 16.3 Å². The fraction of sp³-hybridized carbons (Fsp3) is 0.196. The van der Waals surface area contributed by atoms with Gasteiger partial charge in [0, 0.05) is 67.1 Å². The zero-order valence-electron chi connectivity index (χ0n) is 57.9. The fourth-order valence-corrected chi connectivity index (χ4v) is 19.4. The molecule has 0 spiro atoms. The maximum atomic E-state index is 2.89. The summed E-state index contributed by atoms with van der Waals surface area (Å²) in [4.78, 5) is 5.38. The summed E-state index contributed by atoms with van der Waals surface area (Å²) in [6.45, 7) is 24.5. The molecule has 0 amide bonds. The lowest BCUT2D eigenvalue weighted by molar-refractivity contribution is 0.332. The molecule has 0 N–H and O–H groups in total. The van der Waals surface area contributed by atoms with Crippen LogP contribution in [0.1, 0.15) is 114 Å². The zero-order chi connectivity index (χ0) is 66.2. The second-order valence-electron chi connectivity index (χ2n) is 32.1. The standard InChI is InChI=1S/C92H78B2N4/c1-55-37-39-77-83-81(55)67-33-23-35-69-85(67)97(93(83)75-51-71-73(91(7,8)43-41-89(71,3)4)53-79(75)95(77)65-47-61(57-25-15-11-16-26-57)45-62(48-65)58-27-17-12-18-28-58)88-70-36-24-34-68-82-56(2)38-40-78-84(82)94(98(86(68)70)87(69)88)76-52-72-74(92(9,10)44-42-90(72,5)6)54-80(76)96(78)66-49-63(59-29-19-13-20-30-59)46-64(50-66)60-31-21-14-22-32-60/h11-40,45-54H,41-44H2,1-10H3. The first kappa shape index (κ1) is 57.9. The van der Waals surface area contributed by atoms with Crippen molar-refractivity contribution in [3.8, 4) is 66.8 Å². The van der Waals surface area contributed by atoms with Gasteiger partial charge in [-0.15, -0.1) is 0 Å².